The smallest absolute Gasteiger partial charge is 0.0457 e. The second kappa shape index (κ2) is 5.21. The molecule has 0 aliphatic rings. The SMILES string of the molecule is Cl.NCc1c(Cl)cccc1-c1ccc[nH]1. The van der Waals surface area contributed by atoms with Gasteiger partial charge in [0.2, 0.25) is 0 Å². The monoisotopic (exact) mass is 242 g/mol. The van der Waals surface area contributed by atoms with Crippen molar-refractivity contribution in [2.45, 2.75) is 6.54 Å². The van der Waals surface area contributed by atoms with Crippen molar-refractivity contribution in [2.75, 3.05) is 0 Å². The van der Waals surface area contributed by atoms with E-state index in [1.165, 1.54) is 0 Å². The Morgan fingerprint density at radius 3 is 2.60 bits per heavy atom. The van der Waals surface area contributed by atoms with Crippen LogP contribution in [-0.4, -0.2) is 4.98 Å². The van der Waals surface area contributed by atoms with E-state index in [2.05, 4.69) is 4.98 Å². The van der Waals surface area contributed by atoms with Crippen LogP contribution in [0.3, 0.4) is 0 Å². The van der Waals surface area contributed by atoms with Crippen molar-refractivity contribution in [3.8, 4) is 11.3 Å². The minimum atomic E-state index is 0. The van der Waals surface area contributed by atoms with Crippen molar-refractivity contribution >= 4 is 24.0 Å². The zero-order valence-corrected chi connectivity index (χ0v) is 9.61. The summed E-state index contributed by atoms with van der Waals surface area (Å²) in [4.78, 5) is 3.14. The van der Waals surface area contributed by atoms with E-state index < -0.39 is 0 Å². The average molecular weight is 243 g/mol. The summed E-state index contributed by atoms with van der Waals surface area (Å²) in [5, 5.41) is 0.722. The molecule has 0 saturated carbocycles. The number of H-pyrrole nitrogens is 1. The number of hydrogen-bond acceptors (Lipinski definition) is 1. The predicted molar refractivity (Wildman–Crippen MR) is 66.4 cm³/mol. The summed E-state index contributed by atoms with van der Waals surface area (Å²) < 4.78 is 0. The second-order valence-electron chi connectivity index (χ2n) is 3.05. The molecule has 0 bridgehead atoms. The molecular weight excluding hydrogens is 231 g/mol. The largest absolute Gasteiger partial charge is 0.361 e. The molecule has 2 nitrogen and oxygen atoms in total. The minimum absolute atomic E-state index is 0. The van der Waals surface area contributed by atoms with Crippen LogP contribution in [-0.2, 0) is 6.54 Å². The Hall–Kier alpha value is -0.960. The van der Waals surface area contributed by atoms with Gasteiger partial charge in [-0.15, -0.1) is 12.4 Å². The highest BCUT2D eigenvalue weighted by molar-refractivity contribution is 6.31. The second-order valence-corrected chi connectivity index (χ2v) is 3.46. The Morgan fingerprint density at radius 2 is 2.00 bits per heavy atom. The van der Waals surface area contributed by atoms with Crippen LogP contribution >= 0.6 is 24.0 Å². The van der Waals surface area contributed by atoms with Crippen LogP contribution in [0.1, 0.15) is 5.56 Å². The molecule has 0 fully saturated rings. The van der Waals surface area contributed by atoms with Crippen LogP contribution in [0.25, 0.3) is 11.3 Å². The molecule has 0 aliphatic carbocycles. The Bertz CT molecular complexity index is 424. The highest BCUT2D eigenvalue weighted by atomic mass is 35.5. The fourth-order valence-corrected chi connectivity index (χ4v) is 1.77. The Labute approximate surface area is 99.9 Å². The third-order valence-corrected chi connectivity index (χ3v) is 2.57. The zero-order valence-electron chi connectivity index (χ0n) is 8.03. The van der Waals surface area contributed by atoms with Crippen molar-refractivity contribution < 1.29 is 0 Å². The van der Waals surface area contributed by atoms with E-state index in [1.54, 1.807) is 0 Å². The minimum Gasteiger partial charge on any atom is -0.361 e. The first kappa shape index (κ1) is 12.1. The lowest BCUT2D eigenvalue weighted by atomic mass is 10.0. The molecule has 2 aromatic rings. The molecule has 0 amide bonds. The predicted octanol–water partition coefficient (Wildman–Crippen LogP) is 3.22. The van der Waals surface area contributed by atoms with Crippen molar-refractivity contribution in [2.24, 2.45) is 5.73 Å². The van der Waals surface area contributed by atoms with Gasteiger partial charge in [-0.1, -0.05) is 23.7 Å². The molecule has 0 aliphatic heterocycles. The topological polar surface area (TPSA) is 41.8 Å². The molecule has 15 heavy (non-hydrogen) atoms. The maximum absolute atomic E-state index is 6.05. The van der Waals surface area contributed by atoms with Crippen LogP contribution < -0.4 is 5.73 Å². The van der Waals surface area contributed by atoms with Crippen molar-refractivity contribution in [1.29, 1.82) is 0 Å². The molecule has 0 unspecified atom stereocenters. The standard InChI is InChI=1S/C11H11ClN2.ClH/c12-10-4-1-3-8(9(10)7-13)11-5-2-6-14-11;/h1-6,14H,7,13H2;1H. The van der Waals surface area contributed by atoms with Gasteiger partial charge in [0.05, 0.1) is 0 Å². The molecule has 1 aromatic carbocycles. The van der Waals surface area contributed by atoms with Gasteiger partial charge >= 0.3 is 0 Å². The summed E-state index contributed by atoms with van der Waals surface area (Å²) in [5.74, 6) is 0. The quantitative estimate of drug-likeness (QED) is 0.835. The normalized spacial score (nSPS) is 9.73. The lowest BCUT2D eigenvalue weighted by Gasteiger charge is -2.07. The molecule has 0 saturated heterocycles. The van der Waals surface area contributed by atoms with E-state index in [0.717, 1.165) is 21.8 Å². The van der Waals surface area contributed by atoms with Gasteiger partial charge in [-0.05, 0) is 23.8 Å². The van der Waals surface area contributed by atoms with Crippen molar-refractivity contribution in [1.82, 2.24) is 4.98 Å². The molecule has 2 rings (SSSR count). The number of halogens is 2. The van der Waals surface area contributed by atoms with Crippen molar-refractivity contribution in [3.63, 3.8) is 0 Å². The summed E-state index contributed by atoms with van der Waals surface area (Å²) in [6.45, 7) is 0.452. The highest BCUT2D eigenvalue weighted by Gasteiger charge is 2.07. The Kier molecular flexibility index (Phi) is 4.21. The van der Waals surface area contributed by atoms with E-state index in [9.17, 15) is 0 Å². The van der Waals surface area contributed by atoms with Crippen LogP contribution in [0.2, 0.25) is 5.02 Å². The molecule has 0 spiro atoms. The third kappa shape index (κ3) is 2.34. The molecule has 1 aromatic heterocycles. The Morgan fingerprint density at radius 1 is 1.20 bits per heavy atom. The average Bonchev–Trinajstić information content (AvgIpc) is 2.70. The van der Waals surface area contributed by atoms with E-state index in [0.29, 0.717) is 6.54 Å². The number of nitrogens with two attached hydrogens (primary N) is 1. The third-order valence-electron chi connectivity index (χ3n) is 2.21. The van der Waals surface area contributed by atoms with Crippen LogP contribution in [0, 0.1) is 0 Å². The maximum Gasteiger partial charge on any atom is 0.0457 e. The lowest BCUT2D eigenvalue weighted by Crippen LogP contribution is -1.99. The summed E-state index contributed by atoms with van der Waals surface area (Å²) in [7, 11) is 0. The molecule has 4 heteroatoms. The first-order chi connectivity index (χ1) is 6.83. The number of hydrogen-bond donors (Lipinski definition) is 2. The van der Waals surface area contributed by atoms with E-state index >= 15 is 0 Å². The summed E-state index contributed by atoms with van der Waals surface area (Å²) in [6.07, 6.45) is 1.89. The molecule has 80 valence electrons. The molecular formula is C11H12Cl2N2. The van der Waals surface area contributed by atoms with Crippen LogP contribution in [0.4, 0.5) is 0 Å². The fraction of sp³-hybridized carbons (Fsp3) is 0.0909. The van der Waals surface area contributed by atoms with Gasteiger partial charge in [-0.25, -0.2) is 0 Å². The molecule has 0 radical (unpaired) electrons. The number of nitrogens with one attached hydrogen (secondary N) is 1. The maximum atomic E-state index is 6.05. The molecule has 0 atom stereocenters. The molecule has 1 heterocycles. The van der Waals surface area contributed by atoms with Gasteiger partial charge in [0, 0.05) is 29.0 Å². The van der Waals surface area contributed by atoms with Gasteiger partial charge in [-0.2, -0.15) is 0 Å². The number of benzene rings is 1. The van der Waals surface area contributed by atoms with E-state index in [4.69, 9.17) is 17.3 Å². The zero-order chi connectivity index (χ0) is 9.97. The lowest BCUT2D eigenvalue weighted by molar-refractivity contribution is 1.07. The van der Waals surface area contributed by atoms with Gasteiger partial charge in [-0.3, -0.25) is 0 Å². The fourth-order valence-electron chi connectivity index (χ4n) is 1.52. The molecule has 3 N–H and O–H groups in total. The first-order valence-corrected chi connectivity index (χ1v) is 4.82. The summed E-state index contributed by atoms with van der Waals surface area (Å²) in [6, 6.07) is 9.76. The highest BCUT2D eigenvalue weighted by Crippen LogP contribution is 2.27. The first-order valence-electron chi connectivity index (χ1n) is 4.44. The van der Waals surface area contributed by atoms with Crippen LogP contribution in [0.5, 0.6) is 0 Å². The summed E-state index contributed by atoms with van der Waals surface area (Å²) >= 11 is 6.05. The number of rotatable bonds is 2. The van der Waals surface area contributed by atoms with E-state index in [1.807, 2.05) is 36.5 Å². The van der Waals surface area contributed by atoms with Crippen LogP contribution in [0.15, 0.2) is 36.5 Å². The van der Waals surface area contributed by atoms with E-state index in [-0.39, 0.29) is 12.4 Å². The van der Waals surface area contributed by atoms with Gasteiger partial charge < -0.3 is 10.7 Å². The summed E-state index contributed by atoms with van der Waals surface area (Å²) in [5.41, 5.74) is 8.77. The van der Waals surface area contributed by atoms with Gasteiger partial charge in [0.15, 0.2) is 0 Å². The van der Waals surface area contributed by atoms with Gasteiger partial charge in [0.1, 0.15) is 0 Å². The Balaban J connectivity index is 0.00000112. The number of aromatic nitrogens is 1. The van der Waals surface area contributed by atoms with Crippen molar-refractivity contribution in [3.05, 3.63) is 47.1 Å². The van der Waals surface area contributed by atoms with Gasteiger partial charge in [0.25, 0.3) is 0 Å². The number of aromatic amines is 1.